The second-order valence-corrected chi connectivity index (χ2v) is 2.14. The highest BCUT2D eigenvalue weighted by atomic mass is 16.6. The highest BCUT2D eigenvalue weighted by Gasteiger charge is 2.03. The summed E-state index contributed by atoms with van der Waals surface area (Å²) in [6, 6.07) is 0. The maximum absolute atomic E-state index is 10.3. The molecule has 2 N–H and O–H groups in total. The molecule has 12 heavy (non-hydrogen) atoms. The Hall–Kier alpha value is -1.62. The van der Waals surface area contributed by atoms with Gasteiger partial charge >= 0.3 is 0 Å². The third-order valence-corrected chi connectivity index (χ3v) is 0.934. The lowest BCUT2D eigenvalue weighted by atomic mass is 10.3. The fourth-order valence-electron chi connectivity index (χ4n) is 0.537. The molecule has 0 rings (SSSR count). The van der Waals surface area contributed by atoms with Crippen LogP contribution in [0, 0.1) is 10.1 Å². The van der Waals surface area contributed by atoms with E-state index in [-0.39, 0.29) is 5.70 Å². The van der Waals surface area contributed by atoms with Gasteiger partial charge in [-0.05, 0) is 6.92 Å². The van der Waals surface area contributed by atoms with Crippen LogP contribution in [0.1, 0.15) is 6.92 Å². The van der Waals surface area contributed by atoms with Crippen LogP contribution < -0.4 is 5.48 Å². The lowest BCUT2D eigenvalue weighted by Crippen LogP contribution is -1.99. The van der Waals surface area contributed by atoms with E-state index in [0.717, 1.165) is 12.3 Å². The summed E-state index contributed by atoms with van der Waals surface area (Å²) in [6.45, 7) is 5.13. The Kier molecular flexibility index (Phi) is 4.40. The van der Waals surface area contributed by atoms with Crippen molar-refractivity contribution in [2.24, 2.45) is 0 Å². The Labute approximate surface area is 69.8 Å². The van der Waals surface area contributed by atoms with Crippen LogP contribution in [-0.4, -0.2) is 10.1 Å². The van der Waals surface area contributed by atoms with E-state index < -0.39 is 4.92 Å². The van der Waals surface area contributed by atoms with Crippen molar-refractivity contribution < 1.29 is 10.1 Å². The molecule has 0 unspecified atom stereocenters. The van der Waals surface area contributed by atoms with E-state index in [0.29, 0.717) is 5.57 Å². The average Bonchev–Trinajstić information content (AvgIpc) is 1.96. The summed E-state index contributed by atoms with van der Waals surface area (Å²) in [4.78, 5) is 9.71. The number of allylic oxidation sites excluding steroid dienone is 3. The van der Waals surface area contributed by atoms with Crippen LogP contribution in [0.4, 0.5) is 0 Å². The molecule has 0 bridgehead atoms. The minimum atomic E-state index is -0.567. The number of hydrogen-bond acceptors (Lipinski definition) is 4. The molecule has 0 aliphatic rings. The summed E-state index contributed by atoms with van der Waals surface area (Å²) in [5, 5.41) is 18.4. The van der Waals surface area contributed by atoms with Gasteiger partial charge in [0.15, 0.2) is 0 Å². The summed E-state index contributed by atoms with van der Waals surface area (Å²) in [6.07, 6.45) is 3.49. The standard InChI is InChI=1S/C7H10N2O3/c1-6(2)5-7(9(11)12)3-4-8-10/h3-5,8,10H,1H2,2H3/b4-3-,7-5+. The molecule has 0 saturated carbocycles. The first kappa shape index (κ1) is 10.4. The highest BCUT2D eigenvalue weighted by Crippen LogP contribution is 2.01. The maximum Gasteiger partial charge on any atom is 0.271 e. The van der Waals surface area contributed by atoms with E-state index in [4.69, 9.17) is 5.21 Å². The highest BCUT2D eigenvalue weighted by molar-refractivity contribution is 5.21. The predicted molar refractivity (Wildman–Crippen MR) is 44.0 cm³/mol. The molecule has 0 aliphatic carbocycles. The van der Waals surface area contributed by atoms with Crippen molar-refractivity contribution in [2.75, 3.05) is 0 Å². The molecule has 5 nitrogen and oxygen atoms in total. The largest absolute Gasteiger partial charge is 0.292 e. The number of nitro groups is 1. The third kappa shape index (κ3) is 4.24. The van der Waals surface area contributed by atoms with Crippen molar-refractivity contribution >= 4 is 0 Å². The number of nitrogens with one attached hydrogen (secondary N) is 1. The summed E-state index contributed by atoms with van der Waals surface area (Å²) in [5.74, 6) is 0. The van der Waals surface area contributed by atoms with Crippen LogP contribution >= 0.6 is 0 Å². The molecule has 0 spiro atoms. The van der Waals surface area contributed by atoms with E-state index in [1.165, 1.54) is 6.08 Å². The lowest BCUT2D eigenvalue weighted by molar-refractivity contribution is -0.419. The second-order valence-electron chi connectivity index (χ2n) is 2.14. The minimum Gasteiger partial charge on any atom is -0.292 e. The molecule has 0 aromatic carbocycles. The average molecular weight is 170 g/mol. The maximum atomic E-state index is 10.3. The number of hydrogen-bond donors (Lipinski definition) is 2. The topological polar surface area (TPSA) is 75.4 Å². The molecule has 0 saturated heterocycles. The fourth-order valence-corrected chi connectivity index (χ4v) is 0.537. The zero-order valence-electron chi connectivity index (χ0n) is 6.65. The number of rotatable bonds is 4. The molecule has 5 heteroatoms. The van der Waals surface area contributed by atoms with E-state index in [1.807, 2.05) is 0 Å². The van der Waals surface area contributed by atoms with Gasteiger partial charge in [-0.25, -0.2) is 0 Å². The molecule has 66 valence electrons. The molecule has 0 heterocycles. The Morgan fingerprint density at radius 1 is 1.75 bits per heavy atom. The first-order valence-corrected chi connectivity index (χ1v) is 3.15. The minimum absolute atomic E-state index is 0.135. The van der Waals surface area contributed by atoms with Gasteiger partial charge in [-0.2, -0.15) is 0 Å². The normalized spacial score (nSPS) is 11.7. The van der Waals surface area contributed by atoms with Crippen molar-refractivity contribution in [1.29, 1.82) is 0 Å². The summed E-state index contributed by atoms with van der Waals surface area (Å²) in [7, 11) is 0. The SMILES string of the molecule is C=C(C)/C=C(\C=C/NO)[N+](=O)[O-]. The van der Waals surface area contributed by atoms with E-state index >= 15 is 0 Å². The molecule has 0 radical (unpaired) electrons. The molecule has 0 fully saturated rings. The summed E-state index contributed by atoms with van der Waals surface area (Å²) < 4.78 is 0. The first-order chi connectivity index (χ1) is 5.57. The zero-order chi connectivity index (χ0) is 9.56. The molecule has 0 aromatic heterocycles. The van der Waals surface area contributed by atoms with Crippen LogP contribution in [0.15, 0.2) is 36.2 Å². The molecule has 0 amide bonds. The number of nitrogens with zero attached hydrogens (tertiary/aromatic N) is 1. The predicted octanol–water partition coefficient (Wildman–Crippen LogP) is 1.22. The van der Waals surface area contributed by atoms with Gasteiger partial charge in [0.2, 0.25) is 0 Å². The van der Waals surface area contributed by atoms with Crippen molar-refractivity contribution in [1.82, 2.24) is 5.48 Å². The fraction of sp³-hybridized carbons (Fsp3) is 0.143. The van der Waals surface area contributed by atoms with Crippen molar-refractivity contribution in [2.45, 2.75) is 6.92 Å². The van der Waals surface area contributed by atoms with Gasteiger partial charge in [0.1, 0.15) is 0 Å². The molecule has 0 aliphatic heterocycles. The molecule has 0 aromatic rings. The van der Waals surface area contributed by atoms with Crippen LogP contribution in [0.3, 0.4) is 0 Å². The van der Waals surface area contributed by atoms with E-state index in [9.17, 15) is 10.1 Å². The Morgan fingerprint density at radius 2 is 2.33 bits per heavy atom. The Morgan fingerprint density at radius 3 is 2.67 bits per heavy atom. The smallest absolute Gasteiger partial charge is 0.271 e. The van der Waals surface area contributed by atoms with Crippen LogP contribution in [-0.2, 0) is 0 Å². The van der Waals surface area contributed by atoms with Crippen molar-refractivity contribution in [3.63, 3.8) is 0 Å². The quantitative estimate of drug-likeness (QED) is 0.378. The van der Waals surface area contributed by atoms with Crippen LogP contribution in [0.5, 0.6) is 0 Å². The van der Waals surface area contributed by atoms with E-state index in [2.05, 4.69) is 6.58 Å². The van der Waals surface area contributed by atoms with Crippen LogP contribution in [0.25, 0.3) is 0 Å². The second kappa shape index (κ2) is 5.09. The van der Waals surface area contributed by atoms with Gasteiger partial charge in [-0.3, -0.25) is 20.8 Å². The molecule has 0 atom stereocenters. The molecular weight excluding hydrogens is 160 g/mol. The van der Waals surface area contributed by atoms with Crippen LogP contribution in [0.2, 0.25) is 0 Å². The summed E-state index contributed by atoms with van der Waals surface area (Å²) in [5.41, 5.74) is 2.11. The van der Waals surface area contributed by atoms with Gasteiger partial charge in [0.25, 0.3) is 5.70 Å². The lowest BCUT2D eigenvalue weighted by Gasteiger charge is -1.90. The van der Waals surface area contributed by atoms with Gasteiger partial charge in [-0.15, -0.1) is 0 Å². The van der Waals surface area contributed by atoms with Gasteiger partial charge in [0, 0.05) is 18.4 Å². The Balaban J connectivity index is 4.55. The van der Waals surface area contributed by atoms with E-state index in [1.54, 1.807) is 12.4 Å². The Bertz CT molecular complexity index is 243. The molecular formula is C7H10N2O3. The van der Waals surface area contributed by atoms with Crippen molar-refractivity contribution in [3.05, 3.63) is 46.3 Å². The van der Waals surface area contributed by atoms with Gasteiger partial charge in [-0.1, -0.05) is 12.2 Å². The first-order valence-electron chi connectivity index (χ1n) is 3.15. The monoisotopic (exact) mass is 170 g/mol. The zero-order valence-corrected chi connectivity index (χ0v) is 6.65. The van der Waals surface area contributed by atoms with Gasteiger partial charge < -0.3 is 0 Å². The summed E-state index contributed by atoms with van der Waals surface area (Å²) >= 11 is 0. The van der Waals surface area contributed by atoms with Crippen molar-refractivity contribution in [3.8, 4) is 0 Å². The van der Waals surface area contributed by atoms with Gasteiger partial charge in [0.05, 0.1) is 4.92 Å². The third-order valence-electron chi connectivity index (χ3n) is 0.934. The number of hydroxylamine groups is 1.